The number of hydrogen-bond donors (Lipinski definition) is 3. The second-order valence-corrected chi connectivity index (χ2v) is 4.90. The fourth-order valence-corrected chi connectivity index (χ4v) is 1.90. The van der Waals surface area contributed by atoms with E-state index in [4.69, 9.17) is 0 Å². The second kappa shape index (κ2) is 5.71. The first-order valence-electron chi connectivity index (χ1n) is 6.43. The van der Waals surface area contributed by atoms with Crippen LogP contribution >= 0.6 is 0 Å². The summed E-state index contributed by atoms with van der Waals surface area (Å²) in [5, 5.41) is 28.4. The third kappa shape index (κ3) is 3.23. The SMILES string of the molecule is Cc1cc(O)c(C(=O)/C=C/c2ccc(O)c(O)c2)cc1C. The normalized spacial score (nSPS) is 11.0. The summed E-state index contributed by atoms with van der Waals surface area (Å²) in [6, 6.07) is 7.46. The minimum Gasteiger partial charge on any atom is -0.507 e. The van der Waals surface area contributed by atoms with Gasteiger partial charge in [-0.1, -0.05) is 12.1 Å². The Hall–Kier alpha value is -2.75. The number of phenolic OH excluding ortho intramolecular Hbond substituents is 3. The van der Waals surface area contributed by atoms with Crippen LogP contribution in [0, 0.1) is 13.8 Å². The fraction of sp³-hybridized carbons (Fsp3) is 0.118. The molecule has 0 unspecified atom stereocenters. The first-order valence-corrected chi connectivity index (χ1v) is 6.43. The van der Waals surface area contributed by atoms with Crippen LogP contribution in [0.2, 0.25) is 0 Å². The molecule has 4 heteroatoms. The zero-order valence-corrected chi connectivity index (χ0v) is 11.8. The molecule has 0 heterocycles. The van der Waals surface area contributed by atoms with E-state index in [-0.39, 0.29) is 28.6 Å². The van der Waals surface area contributed by atoms with E-state index in [0.717, 1.165) is 11.1 Å². The summed E-state index contributed by atoms with van der Waals surface area (Å²) in [6.07, 6.45) is 2.83. The summed E-state index contributed by atoms with van der Waals surface area (Å²) >= 11 is 0. The Labute approximate surface area is 122 Å². The van der Waals surface area contributed by atoms with Crippen molar-refractivity contribution in [2.45, 2.75) is 13.8 Å². The zero-order valence-electron chi connectivity index (χ0n) is 11.8. The molecule has 4 nitrogen and oxygen atoms in total. The number of allylic oxidation sites excluding steroid dienone is 1. The van der Waals surface area contributed by atoms with Crippen molar-refractivity contribution in [3.8, 4) is 17.2 Å². The molecule has 21 heavy (non-hydrogen) atoms. The lowest BCUT2D eigenvalue weighted by Gasteiger charge is -2.05. The molecule has 0 aliphatic carbocycles. The highest BCUT2D eigenvalue weighted by Gasteiger charge is 2.10. The van der Waals surface area contributed by atoms with Gasteiger partial charge in [0, 0.05) is 0 Å². The molecule has 0 aromatic heterocycles. The summed E-state index contributed by atoms with van der Waals surface area (Å²) in [5.41, 5.74) is 2.64. The Morgan fingerprint density at radius 3 is 2.24 bits per heavy atom. The summed E-state index contributed by atoms with van der Waals surface area (Å²) in [6.45, 7) is 3.73. The van der Waals surface area contributed by atoms with Crippen LogP contribution in [0.1, 0.15) is 27.0 Å². The smallest absolute Gasteiger partial charge is 0.189 e. The molecule has 108 valence electrons. The highest BCUT2D eigenvalue weighted by Crippen LogP contribution is 2.26. The Balaban J connectivity index is 2.27. The molecule has 0 aliphatic heterocycles. The van der Waals surface area contributed by atoms with Gasteiger partial charge in [0.2, 0.25) is 0 Å². The van der Waals surface area contributed by atoms with Gasteiger partial charge in [0.25, 0.3) is 0 Å². The van der Waals surface area contributed by atoms with Gasteiger partial charge in [0.05, 0.1) is 5.56 Å². The van der Waals surface area contributed by atoms with Crippen molar-refractivity contribution >= 4 is 11.9 Å². The van der Waals surface area contributed by atoms with Gasteiger partial charge < -0.3 is 15.3 Å². The molecule has 0 radical (unpaired) electrons. The van der Waals surface area contributed by atoms with Crippen LogP contribution in [0.5, 0.6) is 17.2 Å². The number of rotatable bonds is 3. The van der Waals surface area contributed by atoms with Crippen LogP contribution < -0.4 is 0 Å². The molecule has 0 saturated carbocycles. The molecule has 0 spiro atoms. The molecule has 0 aliphatic rings. The van der Waals surface area contributed by atoms with Crippen molar-refractivity contribution in [3.63, 3.8) is 0 Å². The first-order chi connectivity index (χ1) is 9.88. The van der Waals surface area contributed by atoms with Gasteiger partial charge in [-0.15, -0.1) is 0 Å². The Bertz CT molecular complexity index is 730. The third-order valence-corrected chi connectivity index (χ3v) is 3.30. The number of aromatic hydroxyl groups is 3. The summed E-state index contributed by atoms with van der Waals surface area (Å²) in [7, 11) is 0. The number of carbonyl (C=O) groups excluding carboxylic acids is 1. The van der Waals surface area contributed by atoms with Crippen molar-refractivity contribution in [1.29, 1.82) is 0 Å². The zero-order chi connectivity index (χ0) is 15.6. The average molecular weight is 284 g/mol. The Morgan fingerprint density at radius 2 is 1.57 bits per heavy atom. The average Bonchev–Trinajstić information content (AvgIpc) is 2.44. The molecule has 2 rings (SSSR count). The van der Waals surface area contributed by atoms with E-state index in [1.54, 1.807) is 18.2 Å². The van der Waals surface area contributed by atoms with Gasteiger partial charge in [0.15, 0.2) is 17.3 Å². The number of aryl methyl sites for hydroxylation is 2. The minimum atomic E-state index is -0.330. The maximum Gasteiger partial charge on any atom is 0.189 e. The van der Waals surface area contributed by atoms with Crippen LogP contribution in [0.3, 0.4) is 0 Å². The molecule has 0 saturated heterocycles. The third-order valence-electron chi connectivity index (χ3n) is 3.30. The van der Waals surface area contributed by atoms with Gasteiger partial charge in [-0.05, 0) is 60.9 Å². The van der Waals surface area contributed by atoms with E-state index in [2.05, 4.69) is 0 Å². The van der Waals surface area contributed by atoms with Crippen molar-refractivity contribution in [3.05, 3.63) is 58.7 Å². The lowest BCUT2D eigenvalue weighted by atomic mass is 10.0. The standard InChI is InChI=1S/C17H16O4/c1-10-7-13(16(20)8-11(10)2)14(18)5-3-12-4-6-15(19)17(21)9-12/h3-9,19-21H,1-2H3/b5-3+. The van der Waals surface area contributed by atoms with E-state index >= 15 is 0 Å². The van der Waals surface area contributed by atoms with Crippen LogP contribution in [0.25, 0.3) is 6.08 Å². The molecule has 0 fully saturated rings. The Morgan fingerprint density at radius 1 is 0.905 bits per heavy atom. The second-order valence-electron chi connectivity index (χ2n) is 4.90. The van der Waals surface area contributed by atoms with E-state index in [0.29, 0.717) is 5.56 Å². The van der Waals surface area contributed by atoms with Gasteiger partial charge in [-0.3, -0.25) is 4.79 Å². The Kier molecular flexibility index (Phi) is 3.98. The summed E-state index contributed by atoms with van der Waals surface area (Å²) in [5.74, 6) is -0.853. The summed E-state index contributed by atoms with van der Waals surface area (Å²) < 4.78 is 0. The van der Waals surface area contributed by atoms with Crippen molar-refractivity contribution in [2.24, 2.45) is 0 Å². The molecule has 2 aromatic rings. The maximum absolute atomic E-state index is 12.1. The minimum absolute atomic E-state index is 0.0543. The number of ketones is 1. The monoisotopic (exact) mass is 284 g/mol. The summed E-state index contributed by atoms with van der Waals surface area (Å²) in [4.78, 5) is 12.1. The first kappa shape index (κ1) is 14.7. The highest BCUT2D eigenvalue weighted by molar-refractivity contribution is 6.08. The molecule has 2 aromatic carbocycles. The van der Waals surface area contributed by atoms with Gasteiger partial charge in [-0.2, -0.15) is 0 Å². The predicted molar refractivity (Wildman–Crippen MR) is 80.7 cm³/mol. The number of phenols is 3. The number of carbonyl (C=O) groups is 1. The number of benzene rings is 2. The van der Waals surface area contributed by atoms with Crippen molar-refractivity contribution in [2.75, 3.05) is 0 Å². The molecular formula is C17H16O4. The van der Waals surface area contributed by atoms with Crippen LogP contribution in [0.15, 0.2) is 36.4 Å². The maximum atomic E-state index is 12.1. The lowest BCUT2D eigenvalue weighted by molar-refractivity contribution is 0.104. The van der Waals surface area contributed by atoms with E-state index in [1.807, 2.05) is 13.8 Å². The largest absolute Gasteiger partial charge is 0.507 e. The van der Waals surface area contributed by atoms with E-state index in [1.165, 1.54) is 24.3 Å². The van der Waals surface area contributed by atoms with E-state index in [9.17, 15) is 20.1 Å². The number of hydrogen-bond acceptors (Lipinski definition) is 4. The van der Waals surface area contributed by atoms with Crippen molar-refractivity contribution in [1.82, 2.24) is 0 Å². The fourth-order valence-electron chi connectivity index (χ4n) is 1.90. The topological polar surface area (TPSA) is 77.8 Å². The van der Waals surface area contributed by atoms with Gasteiger partial charge in [0.1, 0.15) is 5.75 Å². The van der Waals surface area contributed by atoms with Crippen LogP contribution in [-0.2, 0) is 0 Å². The molecular weight excluding hydrogens is 268 g/mol. The molecule has 0 bridgehead atoms. The van der Waals surface area contributed by atoms with Crippen LogP contribution in [-0.4, -0.2) is 21.1 Å². The van der Waals surface area contributed by atoms with Gasteiger partial charge >= 0.3 is 0 Å². The van der Waals surface area contributed by atoms with Gasteiger partial charge in [-0.25, -0.2) is 0 Å². The molecule has 3 N–H and O–H groups in total. The van der Waals surface area contributed by atoms with E-state index < -0.39 is 0 Å². The molecule has 0 amide bonds. The lowest BCUT2D eigenvalue weighted by Crippen LogP contribution is -1.97. The van der Waals surface area contributed by atoms with Crippen molar-refractivity contribution < 1.29 is 20.1 Å². The highest BCUT2D eigenvalue weighted by atomic mass is 16.3. The quantitative estimate of drug-likeness (QED) is 0.459. The molecule has 0 atom stereocenters. The predicted octanol–water partition coefficient (Wildman–Crippen LogP) is 3.32. The van der Waals surface area contributed by atoms with Crippen LogP contribution in [0.4, 0.5) is 0 Å².